The fourth-order valence-electron chi connectivity index (χ4n) is 2.58. The Labute approximate surface area is 128 Å². The molecular formula is C16H18N4O2. The van der Waals surface area contributed by atoms with Crippen LogP contribution in [0.5, 0.6) is 5.75 Å². The highest BCUT2D eigenvalue weighted by molar-refractivity contribution is 5.94. The maximum absolute atomic E-state index is 12.1. The van der Waals surface area contributed by atoms with E-state index in [-0.39, 0.29) is 5.91 Å². The number of aromatic nitrogens is 2. The lowest BCUT2D eigenvalue weighted by Crippen LogP contribution is -2.20. The standard InChI is InChI=1S/C16H18N4O2/c1-22-12-8-6-11(7-9-12)10-17-20-16(21)15-13-4-2-3-5-14(13)18-19-15/h6-10H,2-5H2,1H3,(H,18,19)(H,20,21). The summed E-state index contributed by atoms with van der Waals surface area (Å²) in [7, 11) is 1.62. The second kappa shape index (κ2) is 6.43. The van der Waals surface area contributed by atoms with E-state index in [1.54, 1.807) is 13.3 Å². The topological polar surface area (TPSA) is 79.4 Å². The van der Waals surface area contributed by atoms with Crippen molar-refractivity contribution in [2.75, 3.05) is 7.11 Å². The minimum Gasteiger partial charge on any atom is -0.497 e. The fourth-order valence-corrected chi connectivity index (χ4v) is 2.58. The second-order valence-corrected chi connectivity index (χ2v) is 5.21. The molecule has 6 nitrogen and oxygen atoms in total. The van der Waals surface area contributed by atoms with Crippen LogP contribution in [0, 0.1) is 0 Å². The van der Waals surface area contributed by atoms with Gasteiger partial charge in [0.05, 0.1) is 13.3 Å². The molecule has 1 aliphatic carbocycles. The molecule has 1 aliphatic rings. The van der Waals surface area contributed by atoms with Crippen molar-refractivity contribution in [2.24, 2.45) is 5.10 Å². The molecule has 2 N–H and O–H groups in total. The maximum atomic E-state index is 12.1. The molecule has 3 rings (SSSR count). The molecule has 22 heavy (non-hydrogen) atoms. The Bertz CT molecular complexity index is 689. The minimum atomic E-state index is -0.274. The molecule has 1 heterocycles. The first kappa shape index (κ1) is 14.3. The molecule has 0 bridgehead atoms. The summed E-state index contributed by atoms with van der Waals surface area (Å²) in [5.74, 6) is 0.508. The molecule has 0 atom stereocenters. The number of carbonyl (C=O) groups is 1. The Morgan fingerprint density at radius 3 is 2.86 bits per heavy atom. The smallest absolute Gasteiger partial charge is 0.292 e. The number of rotatable bonds is 4. The molecule has 114 valence electrons. The third kappa shape index (κ3) is 3.00. The SMILES string of the molecule is COc1ccc(C=NNC(=O)c2n[nH]c3c2CCCC3)cc1. The zero-order valence-corrected chi connectivity index (χ0v) is 12.4. The number of H-pyrrole nitrogens is 1. The number of benzene rings is 1. The van der Waals surface area contributed by atoms with Crippen LogP contribution in [0.4, 0.5) is 0 Å². The van der Waals surface area contributed by atoms with Gasteiger partial charge in [-0.1, -0.05) is 0 Å². The van der Waals surface area contributed by atoms with Crippen LogP contribution in [0.3, 0.4) is 0 Å². The predicted octanol–water partition coefficient (Wildman–Crippen LogP) is 2.06. The van der Waals surface area contributed by atoms with Crippen LogP contribution in [0.15, 0.2) is 29.4 Å². The third-order valence-electron chi connectivity index (χ3n) is 3.77. The molecule has 0 unspecified atom stereocenters. The zero-order chi connectivity index (χ0) is 15.4. The van der Waals surface area contributed by atoms with Gasteiger partial charge in [0.15, 0.2) is 5.69 Å². The lowest BCUT2D eigenvalue weighted by atomic mass is 9.96. The molecule has 0 spiro atoms. The van der Waals surface area contributed by atoms with Gasteiger partial charge < -0.3 is 4.74 Å². The fraction of sp³-hybridized carbons (Fsp3) is 0.312. The number of amides is 1. The number of carbonyl (C=O) groups excluding carboxylic acids is 1. The normalized spacial score (nSPS) is 13.9. The number of ether oxygens (including phenoxy) is 1. The Morgan fingerprint density at radius 1 is 1.32 bits per heavy atom. The highest BCUT2D eigenvalue weighted by Crippen LogP contribution is 2.21. The van der Waals surface area contributed by atoms with Crippen molar-refractivity contribution in [3.8, 4) is 5.75 Å². The minimum absolute atomic E-state index is 0.274. The summed E-state index contributed by atoms with van der Waals surface area (Å²) in [4.78, 5) is 12.1. The number of hydrazone groups is 1. The lowest BCUT2D eigenvalue weighted by Gasteiger charge is -2.10. The van der Waals surface area contributed by atoms with Crippen LogP contribution < -0.4 is 10.2 Å². The number of nitrogens with one attached hydrogen (secondary N) is 2. The van der Waals surface area contributed by atoms with Gasteiger partial charge in [0, 0.05) is 11.3 Å². The number of methoxy groups -OCH3 is 1. The van der Waals surface area contributed by atoms with Crippen LogP contribution in [0.1, 0.15) is 40.2 Å². The van der Waals surface area contributed by atoms with E-state index >= 15 is 0 Å². The summed E-state index contributed by atoms with van der Waals surface area (Å²) in [6.45, 7) is 0. The predicted molar refractivity (Wildman–Crippen MR) is 83.3 cm³/mol. The van der Waals surface area contributed by atoms with Gasteiger partial charge in [0.2, 0.25) is 0 Å². The Morgan fingerprint density at radius 2 is 2.09 bits per heavy atom. The molecule has 0 aliphatic heterocycles. The van der Waals surface area contributed by atoms with Gasteiger partial charge in [0.25, 0.3) is 5.91 Å². The van der Waals surface area contributed by atoms with Gasteiger partial charge in [-0.15, -0.1) is 0 Å². The average molecular weight is 298 g/mol. The number of hydrogen-bond acceptors (Lipinski definition) is 4. The van der Waals surface area contributed by atoms with E-state index in [9.17, 15) is 4.79 Å². The van der Waals surface area contributed by atoms with Gasteiger partial charge in [-0.3, -0.25) is 9.89 Å². The van der Waals surface area contributed by atoms with Gasteiger partial charge >= 0.3 is 0 Å². The zero-order valence-electron chi connectivity index (χ0n) is 12.4. The molecule has 0 fully saturated rings. The van der Waals surface area contributed by atoms with E-state index in [0.29, 0.717) is 5.69 Å². The number of aromatic amines is 1. The number of fused-ring (bicyclic) bond motifs is 1. The number of nitrogens with zero attached hydrogens (tertiary/aromatic N) is 2. The summed E-state index contributed by atoms with van der Waals surface area (Å²) >= 11 is 0. The molecule has 0 saturated heterocycles. The lowest BCUT2D eigenvalue weighted by molar-refractivity contribution is 0.0949. The summed E-state index contributed by atoms with van der Waals surface area (Å²) < 4.78 is 5.09. The van der Waals surface area contributed by atoms with E-state index in [0.717, 1.165) is 48.3 Å². The Kier molecular flexibility index (Phi) is 4.18. The van der Waals surface area contributed by atoms with Crippen LogP contribution in [0.25, 0.3) is 0 Å². The average Bonchev–Trinajstić information content (AvgIpc) is 2.99. The Balaban J connectivity index is 1.64. The first-order chi connectivity index (χ1) is 10.8. The largest absolute Gasteiger partial charge is 0.497 e. The van der Waals surface area contributed by atoms with E-state index < -0.39 is 0 Å². The second-order valence-electron chi connectivity index (χ2n) is 5.21. The number of aryl methyl sites for hydroxylation is 1. The van der Waals surface area contributed by atoms with Crippen LogP contribution in [0.2, 0.25) is 0 Å². The first-order valence-corrected chi connectivity index (χ1v) is 7.31. The summed E-state index contributed by atoms with van der Waals surface area (Å²) in [5.41, 5.74) is 5.98. The number of hydrogen-bond donors (Lipinski definition) is 2. The van der Waals surface area contributed by atoms with E-state index in [1.165, 1.54) is 0 Å². The molecule has 0 saturated carbocycles. The third-order valence-corrected chi connectivity index (χ3v) is 3.77. The highest BCUT2D eigenvalue weighted by atomic mass is 16.5. The molecule has 6 heteroatoms. The van der Waals surface area contributed by atoms with Crippen molar-refractivity contribution in [2.45, 2.75) is 25.7 Å². The first-order valence-electron chi connectivity index (χ1n) is 7.31. The van der Waals surface area contributed by atoms with Gasteiger partial charge in [0.1, 0.15) is 5.75 Å². The maximum Gasteiger partial charge on any atom is 0.292 e. The summed E-state index contributed by atoms with van der Waals surface area (Å²) in [6.07, 6.45) is 5.70. The molecule has 1 aromatic heterocycles. The monoisotopic (exact) mass is 298 g/mol. The van der Waals surface area contributed by atoms with E-state index in [2.05, 4.69) is 20.7 Å². The van der Waals surface area contributed by atoms with Crippen LogP contribution in [-0.4, -0.2) is 29.4 Å². The van der Waals surface area contributed by atoms with Crippen LogP contribution in [-0.2, 0) is 12.8 Å². The van der Waals surface area contributed by atoms with Crippen molar-refractivity contribution < 1.29 is 9.53 Å². The molecule has 1 aromatic carbocycles. The molecule has 0 radical (unpaired) electrons. The van der Waals surface area contributed by atoms with Crippen molar-refractivity contribution >= 4 is 12.1 Å². The van der Waals surface area contributed by atoms with Gasteiger partial charge in [-0.25, -0.2) is 5.43 Å². The molecule has 2 aromatic rings. The summed E-state index contributed by atoms with van der Waals surface area (Å²) in [5, 5.41) is 11.1. The molecular weight excluding hydrogens is 280 g/mol. The molecule has 1 amide bonds. The van der Waals surface area contributed by atoms with Gasteiger partial charge in [-0.2, -0.15) is 10.2 Å². The van der Waals surface area contributed by atoms with Crippen LogP contribution >= 0.6 is 0 Å². The van der Waals surface area contributed by atoms with Crippen molar-refractivity contribution in [3.05, 3.63) is 46.8 Å². The van der Waals surface area contributed by atoms with E-state index in [1.807, 2.05) is 24.3 Å². The highest BCUT2D eigenvalue weighted by Gasteiger charge is 2.21. The van der Waals surface area contributed by atoms with Gasteiger partial charge in [-0.05, 0) is 55.5 Å². The summed E-state index contributed by atoms with van der Waals surface area (Å²) in [6, 6.07) is 7.41. The van der Waals surface area contributed by atoms with E-state index in [4.69, 9.17) is 4.74 Å². The quantitative estimate of drug-likeness (QED) is 0.670. The Hall–Kier alpha value is -2.63. The van der Waals surface area contributed by atoms with Crippen molar-refractivity contribution in [1.29, 1.82) is 0 Å². The van der Waals surface area contributed by atoms with Crippen molar-refractivity contribution in [1.82, 2.24) is 15.6 Å². The van der Waals surface area contributed by atoms with Crippen molar-refractivity contribution in [3.63, 3.8) is 0 Å².